The number of hydrogen-bond acceptors (Lipinski definition) is 2. The van der Waals surface area contributed by atoms with E-state index < -0.39 is 0 Å². The predicted octanol–water partition coefficient (Wildman–Crippen LogP) is 2.74. The highest BCUT2D eigenvalue weighted by molar-refractivity contribution is 5.14. The summed E-state index contributed by atoms with van der Waals surface area (Å²) in [4.78, 5) is 4.05. The average molecular weight is 180 g/mol. The fourth-order valence-electron chi connectivity index (χ4n) is 1.37. The van der Waals surface area contributed by atoms with Crippen LogP contribution < -0.4 is 0 Å². The van der Waals surface area contributed by atoms with Gasteiger partial charge in [-0.3, -0.25) is 5.26 Å². The molecule has 0 aromatic heterocycles. The molecule has 1 aromatic carbocycles. The summed E-state index contributed by atoms with van der Waals surface area (Å²) in [6.45, 7) is 2.58. The van der Waals surface area contributed by atoms with Gasteiger partial charge in [0.25, 0.3) is 0 Å². The minimum Gasteiger partial charge on any atom is -0.252 e. The van der Waals surface area contributed by atoms with Gasteiger partial charge >= 0.3 is 0 Å². The lowest BCUT2D eigenvalue weighted by molar-refractivity contribution is -0.244. The van der Waals surface area contributed by atoms with Crippen molar-refractivity contribution in [1.82, 2.24) is 0 Å². The zero-order valence-corrected chi connectivity index (χ0v) is 7.94. The molecular weight excluding hydrogens is 164 g/mol. The predicted molar refractivity (Wildman–Crippen MR) is 52.5 cm³/mol. The van der Waals surface area contributed by atoms with Crippen molar-refractivity contribution in [2.45, 2.75) is 19.8 Å². The molecule has 13 heavy (non-hydrogen) atoms. The average Bonchev–Trinajstić information content (AvgIpc) is 2.16. The van der Waals surface area contributed by atoms with Crippen molar-refractivity contribution in [3.8, 4) is 0 Å². The van der Waals surface area contributed by atoms with E-state index >= 15 is 0 Å². The first-order valence-corrected chi connectivity index (χ1v) is 4.63. The smallest absolute Gasteiger partial charge is 0.0822 e. The van der Waals surface area contributed by atoms with Gasteiger partial charge in [-0.15, -0.1) is 0 Å². The Hall–Kier alpha value is -0.860. The number of hydrogen-bond donors (Lipinski definition) is 1. The van der Waals surface area contributed by atoms with Gasteiger partial charge in [0, 0.05) is 0 Å². The summed E-state index contributed by atoms with van der Waals surface area (Å²) < 4.78 is 0. The van der Waals surface area contributed by atoms with Crippen LogP contribution in [0.15, 0.2) is 30.3 Å². The topological polar surface area (TPSA) is 29.5 Å². The van der Waals surface area contributed by atoms with Gasteiger partial charge in [0.1, 0.15) is 0 Å². The Balaban J connectivity index is 2.32. The molecule has 2 heteroatoms. The second-order valence-electron chi connectivity index (χ2n) is 3.42. The van der Waals surface area contributed by atoms with Crippen molar-refractivity contribution < 1.29 is 10.1 Å². The van der Waals surface area contributed by atoms with Crippen molar-refractivity contribution >= 4 is 0 Å². The summed E-state index contributed by atoms with van der Waals surface area (Å²) in [5.74, 6) is 0.551. The second-order valence-corrected chi connectivity index (χ2v) is 3.42. The highest BCUT2D eigenvalue weighted by Gasteiger charge is 2.02. The molecule has 2 nitrogen and oxygen atoms in total. The Morgan fingerprint density at radius 1 is 1.31 bits per heavy atom. The maximum Gasteiger partial charge on any atom is 0.0822 e. The molecule has 1 aromatic rings. The fraction of sp³-hybridized carbons (Fsp3) is 0.455. The maximum atomic E-state index is 8.18. The summed E-state index contributed by atoms with van der Waals surface area (Å²) in [5.41, 5.74) is 1.34. The Morgan fingerprint density at radius 3 is 2.62 bits per heavy atom. The normalized spacial score (nSPS) is 12.8. The van der Waals surface area contributed by atoms with E-state index in [-0.39, 0.29) is 0 Å². The van der Waals surface area contributed by atoms with Gasteiger partial charge in [0.2, 0.25) is 0 Å². The molecule has 72 valence electrons. The van der Waals surface area contributed by atoms with E-state index in [1.54, 1.807) is 0 Å². The highest BCUT2D eigenvalue weighted by atomic mass is 17.1. The first-order valence-electron chi connectivity index (χ1n) is 4.63. The largest absolute Gasteiger partial charge is 0.252 e. The molecule has 1 unspecified atom stereocenters. The SMILES string of the molecule is CC(CCOO)Cc1ccccc1. The molecule has 0 amide bonds. The fourth-order valence-corrected chi connectivity index (χ4v) is 1.37. The van der Waals surface area contributed by atoms with Gasteiger partial charge in [-0.2, -0.15) is 0 Å². The lowest BCUT2D eigenvalue weighted by Crippen LogP contribution is -2.03. The Morgan fingerprint density at radius 2 is 2.00 bits per heavy atom. The second kappa shape index (κ2) is 5.73. The summed E-state index contributed by atoms with van der Waals surface area (Å²) in [5, 5.41) is 8.18. The summed E-state index contributed by atoms with van der Waals surface area (Å²) >= 11 is 0. The molecule has 0 bridgehead atoms. The monoisotopic (exact) mass is 180 g/mol. The zero-order chi connectivity index (χ0) is 9.52. The third-order valence-electron chi connectivity index (χ3n) is 2.13. The standard InChI is InChI=1S/C11H16O2/c1-10(7-8-13-12)9-11-5-3-2-4-6-11/h2-6,10,12H,7-9H2,1H3. The van der Waals surface area contributed by atoms with Crippen LogP contribution in [-0.2, 0) is 11.3 Å². The molecule has 0 fully saturated rings. The van der Waals surface area contributed by atoms with Crippen LogP contribution in [0.25, 0.3) is 0 Å². The first-order chi connectivity index (χ1) is 6.33. The Labute approximate surface area is 79.1 Å². The van der Waals surface area contributed by atoms with Crippen molar-refractivity contribution in [1.29, 1.82) is 0 Å². The van der Waals surface area contributed by atoms with Crippen LogP contribution in [0.1, 0.15) is 18.9 Å². The van der Waals surface area contributed by atoms with Gasteiger partial charge in [-0.1, -0.05) is 37.3 Å². The van der Waals surface area contributed by atoms with Gasteiger partial charge < -0.3 is 0 Å². The quantitative estimate of drug-likeness (QED) is 0.557. The van der Waals surface area contributed by atoms with E-state index in [1.165, 1.54) is 5.56 Å². The van der Waals surface area contributed by atoms with Gasteiger partial charge in [0.15, 0.2) is 0 Å². The van der Waals surface area contributed by atoms with Gasteiger partial charge in [0.05, 0.1) is 6.61 Å². The van der Waals surface area contributed by atoms with E-state index in [1.807, 2.05) is 18.2 Å². The van der Waals surface area contributed by atoms with E-state index in [0.29, 0.717) is 12.5 Å². The molecule has 0 aliphatic carbocycles. The molecule has 0 saturated heterocycles. The van der Waals surface area contributed by atoms with Crippen LogP contribution in [-0.4, -0.2) is 11.9 Å². The Kier molecular flexibility index (Phi) is 4.50. The molecule has 1 rings (SSSR count). The van der Waals surface area contributed by atoms with E-state index in [2.05, 4.69) is 23.9 Å². The molecular formula is C11H16O2. The Bertz CT molecular complexity index is 221. The molecule has 0 spiro atoms. The van der Waals surface area contributed by atoms with Crippen molar-refractivity contribution in [2.75, 3.05) is 6.61 Å². The number of rotatable bonds is 5. The third kappa shape index (κ3) is 4.06. The summed E-state index contributed by atoms with van der Waals surface area (Å²) in [6.07, 6.45) is 1.94. The molecule has 0 aliphatic heterocycles. The molecule has 1 N–H and O–H groups in total. The minimum atomic E-state index is 0.425. The van der Waals surface area contributed by atoms with E-state index in [0.717, 1.165) is 12.8 Å². The third-order valence-corrected chi connectivity index (χ3v) is 2.13. The van der Waals surface area contributed by atoms with Crippen molar-refractivity contribution in [2.24, 2.45) is 5.92 Å². The van der Waals surface area contributed by atoms with Crippen LogP contribution >= 0.6 is 0 Å². The van der Waals surface area contributed by atoms with Gasteiger partial charge in [-0.05, 0) is 24.3 Å². The molecule has 0 radical (unpaired) electrons. The maximum absolute atomic E-state index is 8.18. The lowest BCUT2D eigenvalue weighted by atomic mass is 9.99. The minimum absolute atomic E-state index is 0.425. The molecule has 1 atom stereocenters. The molecule has 0 saturated carbocycles. The first kappa shape index (κ1) is 10.2. The zero-order valence-electron chi connectivity index (χ0n) is 7.94. The van der Waals surface area contributed by atoms with Crippen LogP contribution in [0, 0.1) is 5.92 Å². The van der Waals surface area contributed by atoms with Crippen molar-refractivity contribution in [3.05, 3.63) is 35.9 Å². The summed E-state index contributed by atoms with van der Waals surface area (Å²) in [7, 11) is 0. The van der Waals surface area contributed by atoms with Gasteiger partial charge in [-0.25, -0.2) is 4.89 Å². The van der Waals surface area contributed by atoms with Crippen LogP contribution in [0.2, 0.25) is 0 Å². The van der Waals surface area contributed by atoms with Crippen LogP contribution in [0.4, 0.5) is 0 Å². The highest BCUT2D eigenvalue weighted by Crippen LogP contribution is 2.11. The molecule has 0 aliphatic rings. The molecule has 0 heterocycles. The van der Waals surface area contributed by atoms with E-state index in [4.69, 9.17) is 5.26 Å². The lowest BCUT2D eigenvalue weighted by Gasteiger charge is -2.09. The number of benzene rings is 1. The van der Waals surface area contributed by atoms with Crippen LogP contribution in [0.5, 0.6) is 0 Å². The van der Waals surface area contributed by atoms with Crippen molar-refractivity contribution in [3.63, 3.8) is 0 Å². The summed E-state index contributed by atoms with van der Waals surface area (Å²) in [6, 6.07) is 10.4. The van der Waals surface area contributed by atoms with E-state index in [9.17, 15) is 0 Å². The van der Waals surface area contributed by atoms with Crippen LogP contribution in [0.3, 0.4) is 0 Å².